The van der Waals surface area contributed by atoms with Crippen LogP contribution < -0.4 is 0 Å². The number of fused-ring (bicyclic) bond motifs is 7. The molecule has 3 heterocycles. The summed E-state index contributed by atoms with van der Waals surface area (Å²) in [6, 6.07) is 4.63. The first-order valence-corrected chi connectivity index (χ1v) is 23.3. The molecule has 4 aliphatic carbocycles. The molecule has 1 aromatic carbocycles. The topological polar surface area (TPSA) is 258 Å². The molecule has 0 amide bonds. The standard InChI is InChI=1S/C47H72O16/c1-21(20-58-43-40(56)38(54)35(51)31(18-48)61-43)6-7-24-8-9-25-16-30-28-11-10-26-17-27(12-14-46(26,4)29(28)13-15-47(30,5)33(25)22(24)2)60-45-42(39(55)36(52)32(19-49)62-45)63-44-41(57)37(53)34(50)23(3)59-44/h8-10,21,23,27-32,34-45,48-57H,6-7,11-20H2,1-5H3/t21-,23+,27+,28-,29+,30+,31-,32-,34+,35-,36-,37-,38+,39+,40-,41-,42-,43-,44+,45-,46+,47+/m1/s1. The molecular formula is C47H72O16. The van der Waals surface area contributed by atoms with E-state index in [4.69, 9.17) is 28.4 Å². The molecule has 22 atom stereocenters. The SMILES string of the molecule is Cc1c(CC[C@@H](C)CO[C@@H]2O[C@H](CO)[C@@H](O)[C@H](O)[C@H]2O)ccc2c1[C@@]1(C)CC[C@H]3[C@@H](CC=C4C[C@@H](O[C@@H]5O[C@H](CO)[C@@H](O)[C@H](O)[C@H]5O[C@@H]5O[C@@H](C)[C@H](O)[C@@H](O)[C@H]5O)CC[C@@]43C)[C@@H]1C2. The van der Waals surface area contributed by atoms with Gasteiger partial charge in [0.15, 0.2) is 18.9 Å². The Labute approximate surface area is 369 Å². The van der Waals surface area contributed by atoms with Crippen LogP contribution in [0, 0.1) is 36.0 Å². The van der Waals surface area contributed by atoms with Gasteiger partial charge in [-0.1, -0.05) is 44.6 Å². The fourth-order valence-electron chi connectivity index (χ4n) is 12.8. The summed E-state index contributed by atoms with van der Waals surface area (Å²) in [4.78, 5) is 0. The van der Waals surface area contributed by atoms with Gasteiger partial charge in [-0.25, -0.2) is 0 Å². The number of benzene rings is 1. The molecule has 356 valence electrons. The molecule has 0 spiro atoms. The van der Waals surface area contributed by atoms with Gasteiger partial charge in [-0.05, 0) is 128 Å². The highest BCUT2D eigenvalue weighted by molar-refractivity contribution is 5.50. The van der Waals surface area contributed by atoms with Crippen LogP contribution in [0.15, 0.2) is 23.8 Å². The third-order valence-electron chi connectivity index (χ3n) is 16.7. The van der Waals surface area contributed by atoms with Crippen molar-refractivity contribution in [1.82, 2.24) is 0 Å². The first-order chi connectivity index (χ1) is 29.9. The molecule has 8 rings (SSSR count). The molecule has 10 N–H and O–H groups in total. The summed E-state index contributed by atoms with van der Waals surface area (Å²) >= 11 is 0. The molecule has 63 heavy (non-hydrogen) atoms. The highest BCUT2D eigenvalue weighted by atomic mass is 16.8. The van der Waals surface area contributed by atoms with Crippen LogP contribution in [-0.4, -0.2) is 169 Å². The van der Waals surface area contributed by atoms with Crippen molar-refractivity contribution in [1.29, 1.82) is 0 Å². The van der Waals surface area contributed by atoms with Crippen LogP contribution in [0.3, 0.4) is 0 Å². The number of aliphatic hydroxyl groups is 10. The summed E-state index contributed by atoms with van der Waals surface area (Å²) < 4.78 is 35.6. The van der Waals surface area contributed by atoms with E-state index in [1.807, 2.05) is 0 Å². The number of aliphatic hydroxyl groups excluding tert-OH is 10. The second kappa shape index (κ2) is 18.8. The average molecular weight is 893 g/mol. The monoisotopic (exact) mass is 892 g/mol. The Morgan fingerprint density at radius 2 is 1.37 bits per heavy atom. The summed E-state index contributed by atoms with van der Waals surface area (Å²) in [6.45, 7) is 9.99. The molecule has 7 aliphatic rings. The molecule has 0 radical (unpaired) electrons. The molecule has 3 aliphatic heterocycles. The number of hydrogen-bond acceptors (Lipinski definition) is 16. The van der Waals surface area contributed by atoms with Crippen molar-refractivity contribution in [2.24, 2.45) is 29.1 Å². The minimum Gasteiger partial charge on any atom is -0.394 e. The van der Waals surface area contributed by atoms with E-state index in [2.05, 4.69) is 45.9 Å². The van der Waals surface area contributed by atoms with Gasteiger partial charge in [-0.15, -0.1) is 0 Å². The zero-order valence-electron chi connectivity index (χ0n) is 37.2. The molecular weight excluding hydrogens is 821 g/mol. The Morgan fingerprint density at radius 1 is 0.714 bits per heavy atom. The van der Waals surface area contributed by atoms with E-state index in [-0.39, 0.29) is 29.5 Å². The van der Waals surface area contributed by atoms with Crippen molar-refractivity contribution < 1.29 is 79.5 Å². The lowest BCUT2D eigenvalue weighted by Gasteiger charge is -2.58. The highest BCUT2D eigenvalue weighted by Gasteiger charge is 2.59. The van der Waals surface area contributed by atoms with E-state index >= 15 is 0 Å². The van der Waals surface area contributed by atoms with E-state index in [1.54, 1.807) is 0 Å². The molecule has 2 saturated carbocycles. The van der Waals surface area contributed by atoms with Gasteiger partial charge in [0.25, 0.3) is 0 Å². The normalized spacial score (nSPS) is 47.8. The molecule has 0 bridgehead atoms. The maximum Gasteiger partial charge on any atom is 0.187 e. The van der Waals surface area contributed by atoms with Crippen molar-refractivity contribution >= 4 is 0 Å². The summed E-state index contributed by atoms with van der Waals surface area (Å²) in [5, 5.41) is 103. The smallest absolute Gasteiger partial charge is 0.187 e. The summed E-state index contributed by atoms with van der Waals surface area (Å²) in [6.07, 6.45) is -9.79. The van der Waals surface area contributed by atoms with Crippen LogP contribution in [0.4, 0.5) is 0 Å². The first kappa shape index (κ1) is 47.8. The third-order valence-corrected chi connectivity index (χ3v) is 16.7. The quantitative estimate of drug-likeness (QED) is 0.127. The zero-order valence-corrected chi connectivity index (χ0v) is 37.2. The van der Waals surface area contributed by atoms with Gasteiger partial charge in [0.05, 0.1) is 32.0 Å². The van der Waals surface area contributed by atoms with Crippen LogP contribution in [0.5, 0.6) is 0 Å². The molecule has 0 unspecified atom stereocenters. The number of aryl methyl sites for hydroxylation is 1. The summed E-state index contributed by atoms with van der Waals surface area (Å²) in [5.41, 5.74) is 7.04. The van der Waals surface area contributed by atoms with Crippen LogP contribution in [0.25, 0.3) is 0 Å². The minimum atomic E-state index is -1.64. The van der Waals surface area contributed by atoms with Gasteiger partial charge in [0, 0.05) is 0 Å². The number of ether oxygens (including phenoxy) is 6. The van der Waals surface area contributed by atoms with Gasteiger partial charge in [-0.3, -0.25) is 0 Å². The highest BCUT2D eigenvalue weighted by Crippen LogP contribution is 2.65. The second-order valence-corrected chi connectivity index (χ2v) is 20.5. The van der Waals surface area contributed by atoms with Crippen LogP contribution in [-0.2, 0) is 46.7 Å². The molecule has 16 heteroatoms. The zero-order chi connectivity index (χ0) is 45.3. The Morgan fingerprint density at radius 3 is 2.08 bits per heavy atom. The third kappa shape index (κ3) is 8.61. The Kier molecular flexibility index (Phi) is 14.2. The van der Waals surface area contributed by atoms with Crippen LogP contribution >= 0.6 is 0 Å². The minimum absolute atomic E-state index is 0.0211. The predicted octanol–water partition coefficient (Wildman–Crippen LogP) is 0.394. The number of allylic oxidation sites excluding steroid dienone is 1. The van der Waals surface area contributed by atoms with Gasteiger partial charge >= 0.3 is 0 Å². The number of hydrogen-bond donors (Lipinski definition) is 10. The van der Waals surface area contributed by atoms with E-state index in [0.29, 0.717) is 30.6 Å². The average Bonchev–Trinajstić information content (AvgIpc) is 3.58. The molecule has 16 nitrogen and oxygen atoms in total. The van der Waals surface area contributed by atoms with Crippen LogP contribution in [0.1, 0.15) is 94.9 Å². The van der Waals surface area contributed by atoms with Crippen molar-refractivity contribution in [3.8, 4) is 0 Å². The van der Waals surface area contributed by atoms with E-state index in [0.717, 1.165) is 44.9 Å². The fourth-order valence-corrected chi connectivity index (χ4v) is 12.8. The second-order valence-electron chi connectivity index (χ2n) is 20.5. The summed E-state index contributed by atoms with van der Waals surface area (Å²) in [7, 11) is 0. The first-order valence-electron chi connectivity index (χ1n) is 23.3. The maximum absolute atomic E-state index is 11.2. The molecule has 5 fully saturated rings. The lowest BCUT2D eigenvalue weighted by Crippen LogP contribution is -2.64. The molecule has 3 saturated heterocycles. The number of rotatable bonds is 12. The Hall–Kier alpha value is -1.68. The van der Waals surface area contributed by atoms with Gasteiger partial charge in [-0.2, -0.15) is 0 Å². The largest absolute Gasteiger partial charge is 0.394 e. The Balaban J connectivity index is 0.911. The van der Waals surface area contributed by atoms with E-state index in [1.165, 1.54) is 34.8 Å². The van der Waals surface area contributed by atoms with Crippen molar-refractivity contribution in [3.05, 3.63) is 46.0 Å². The van der Waals surface area contributed by atoms with Crippen LogP contribution in [0.2, 0.25) is 0 Å². The predicted molar refractivity (Wildman–Crippen MR) is 224 cm³/mol. The molecule has 0 aromatic heterocycles. The lowest BCUT2D eigenvalue weighted by atomic mass is 9.47. The van der Waals surface area contributed by atoms with Crippen molar-refractivity contribution in [3.63, 3.8) is 0 Å². The van der Waals surface area contributed by atoms with Crippen molar-refractivity contribution in [2.75, 3.05) is 19.8 Å². The van der Waals surface area contributed by atoms with Gasteiger partial charge in [0.1, 0.15) is 67.1 Å². The maximum atomic E-state index is 11.2. The fraction of sp³-hybridized carbons (Fsp3) is 0.830. The van der Waals surface area contributed by atoms with Gasteiger partial charge < -0.3 is 79.5 Å². The summed E-state index contributed by atoms with van der Waals surface area (Å²) in [5.74, 6) is 1.65. The lowest BCUT2D eigenvalue weighted by molar-refractivity contribution is -0.369. The van der Waals surface area contributed by atoms with E-state index in [9.17, 15) is 51.1 Å². The van der Waals surface area contributed by atoms with E-state index < -0.39 is 105 Å². The van der Waals surface area contributed by atoms with Crippen molar-refractivity contribution in [2.45, 2.75) is 196 Å². The van der Waals surface area contributed by atoms with Gasteiger partial charge in [0.2, 0.25) is 0 Å². The molecule has 1 aromatic rings. The Bertz CT molecular complexity index is 1780.